The molecule has 8 unspecified atom stereocenters. The molecule has 3 aliphatic heterocycles. The fourth-order valence-corrected chi connectivity index (χ4v) is 7.60. The highest BCUT2D eigenvalue weighted by molar-refractivity contribution is 5.68. The van der Waals surface area contributed by atoms with E-state index in [4.69, 9.17) is 0 Å². The molecule has 0 amide bonds. The minimum absolute atomic E-state index is 0.0110. The van der Waals surface area contributed by atoms with Crippen molar-refractivity contribution < 1.29 is 40.2 Å². The number of allylic oxidation sites excluding steroid dienone is 1. The summed E-state index contributed by atoms with van der Waals surface area (Å²) < 4.78 is 0. The molecule has 250 valence electrons. The number of H-pyrrole nitrogens is 2. The second-order valence-corrected chi connectivity index (χ2v) is 13.0. The maximum Gasteiger partial charge on any atom is 0.303 e. The third-order valence-corrected chi connectivity index (χ3v) is 10.3. The SMILES string of the molecule is Cc1c2[nH]c(c1C(O)CO)C=C1NC(C=c3[nH]c(c(C)c3CCC(=O)O)=CC3NC(=C2)C(C(O)CO)C3C)C(CCC(=O)O)C1C. The normalized spacial score (nSPS) is 26.6. The lowest BCUT2D eigenvalue weighted by Gasteiger charge is -2.21. The zero-order valence-corrected chi connectivity index (χ0v) is 26.7. The molecule has 0 radical (unpaired) electrons. The molecule has 10 N–H and O–H groups in total. The van der Waals surface area contributed by atoms with E-state index in [1.807, 2.05) is 52.0 Å². The van der Waals surface area contributed by atoms with Gasteiger partial charge in [0.25, 0.3) is 0 Å². The van der Waals surface area contributed by atoms with Crippen LogP contribution in [0.2, 0.25) is 0 Å². The molecule has 5 heterocycles. The van der Waals surface area contributed by atoms with Gasteiger partial charge in [0.15, 0.2) is 0 Å². The summed E-state index contributed by atoms with van der Waals surface area (Å²) in [6.45, 7) is 6.92. The molecule has 0 aliphatic carbocycles. The molecule has 2 fully saturated rings. The zero-order valence-electron chi connectivity index (χ0n) is 26.7. The molecule has 0 aromatic carbocycles. The number of hydrogen-bond donors (Lipinski definition) is 10. The van der Waals surface area contributed by atoms with Gasteiger partial charge in [0, 0.05) is 75.8 Å². The largest absolute Gasteiger partial charge is 0.481 e. The van der Waals surface area contributed by atoms with Crippen molar-refractivity contribution >= 4 is 36.2 Å². The van der Waals surface area contributed by atoms with Crippen LogP contribution >= 0.6 is 0 Å². The fraction of sp³-hybridized carbons (Fsp3) is 0.529. The van der Waals surface area contributed by atoms with Gasteiger partial charge >= 0.3 is 11.9 Å². The maximum absolute atomic E-state index is 11.6. The van der Waals surface area contributed by atoms with Gasteiger partial charge in [0.05, 0.1) is 19.3 Å². The van der Waals surface area contributed by atoms with E-state index in [1.54, 1.807) is 0 Å². The standard InChI is InChI=1S/C34H46N4O8/c1-15-19(5-7-31(43)44)25-12-26-20(6-8-32(45)46)16(2)22(36-26)10-27-34(30(42)14-40)18(4)24(38-27)11-28-33(29(41)13-39)17(3)23(37-28)9-21(15)35-25/h9-12,16-17,20,23,26,29-30,33,35-42H,5-8,13-14H2,1-4H3,(H,43,44)(H,45,46). The number of aromatic amines is 2. The number of fused-ring (bicyclic) bond motifs is 8. The quantitative estimate of drug-likeness (QED) is 0.175. The van der Waals surface area contributed by atoms with Crippen LogP contribution in [0.5, 0.6) is 0 Å². The van der Waals surface area contributed by atoms with Crippen LogP contribution in [-0.2, 0) is 16.0 Å². The van der Waals surface area contributed by atoms with Crippen molar-refractivity contribution in [2.45, 2.75) is 77.7 Å². The monoisotopic (exact) mass is 638 g/mol. The van der Waals surface area contributed by atoms with Crippen molar-refractivity contribution in [2.24, 2.45) is 23.7 Å². The molecule has 12 heteroatoms. The minimum atomic E-state index is -1.16. The molecule has 3 aliphatic rings. The Hall–Kier alpha value is -3.84. The van der Waals surface area contributed by atoms with E-state index < -0.39 is 43.3 Å². The van der Waals surface area contributed by atoms with Crippen LogP contribution < -0.4 is 21.3 Å². The van der Waals surface area contributed by atoms with Crippen molar-refractivity contribution in [3.05, 3.63) is 55.7 Å². The predicted octanol–water partition coefficient (Wildman–Crippen LogP) is 0.625. The molecular weight excluding hydrogens is 592 g/mol. The summed E-state index contributed by atoms with van der Waals surface area (Å²) in [7, 11) is 0. The van der Waals surface area contributed by atoms with Crippen LogP contribution in [0, 0.1) is 37.5 Å². The summed E-state index contributed by atoms with van der Waals surface area (Å²) in [5.41, 5.74) is 5.86. The molecule has 8 atom stereocenters. The minimum Gasteiger partial charge on any atom is -0.481 e. The smallest absolute Gasteiger partial charge is 0.303 e. The molecule has 8 bridgehead atoms. The highest BCUT2D eigenvalue weighted by Gasteiger charge is 2.40. The third kappa shape index (κ3) is 6.39. The Balaban J connectivity index is 1.78. The van der Waals surface area contributed by atoms with E-state index >= 15 is 0 Å². The van der Waals surface area contributed by atoms with Gasteiger partial charge in [-0.05, 0) is 79.5 Å². The van der Waals surface area contributed by atoms with E-state index in [0.717, 1.165) is 33.1 Å². The third-order valence-electron chi connectivity index (χ3n) is 10.3. The first-order chi connectivity index (χ1) is 21.8. The van der Waals surface area contributed by atoms with Crippen LogP contribution in [0.3, 0.4) is 0 Å². The zero-order chi connectivity index (χ0) is 33.4. The first-order valence-electron chi connectivity index (χ1n) is 16.0. The fourth-order valence-electron chi connectivity index (χ4n) is 7.60. The highest BCUT2D eigenvalue weighted by atomic mass is 16.4. The van der Waals surface area contributed by atoms with E-state index in [2.05, 4.69) is 20.6 Å². The number of aliphatic hydroxyl groups excluding tert-OH is 4. The maximum atomic E-state index is 11.6. The lowest BCUT2D eigenvalue weighted by Crippen LogP contribution is -2.31. The molecule has 5 rings (SSSR count). The van der Waals surface area contributed by atoms with Crippen molar-refractivity contribution in [2.75, 3.05) is 13.2 Å². The number of nitrogens with one attached hydrogen (secondary N) is 4. The van der Waals surface area contributed by atoms with Gasteiger partial charge < -0.3 is 51.2 Å². The van der Waals surface area contributed by atoms with E-state index in [0.29, 0.717) is 35.5 Å². The van der Waals surface area contributed by atoms with Gasteiger partial charge in [0.1, 0.15) is 6.10 Å². The van der Waals surface area contributed by atoms with E-state index in [9.17, 15) is 40.2 Å². The predicted molar refractivity (Wildman–Crippen MR) is 172 cm³/mol. The number of hydrogen-bond acceptors (Lipinski definition) is 8. The summed E-state index contributed by atoms with van der Waals surface area (Å²) in [5.74, 6) is -2.55. The molecule has 12 nitrogen and oxygen atoms in total. The van der Waals surface area contributed by atoms with E-state index in [-0.39, 0.29) is 42.7 Å². The molecular formula is C34H46N4O8. The van der Waals surface area contributed by atoms with Gasteiger partial charge in [-0.15, -0.1) is 0 Å². The number of carboxylic acids is 2. The average Bonchev–Trinajstić information content (AvgIpc) is 3.67. The van der Waals surface area contributed by atoms with Crippen LogP contribution in [0.15, 0.2) is 11.4 Å². The van der Waals surface area contributed by atoms with Crippen molar-refractivity contribution in [3.8, 4) is 0 Å². The molecule has 2 aromatic rings. The molecule has 0 spiro atoms. The van der Waals surface area contributed by atoms with Gasteiger partial charge in [0.2, 0.25) is 0 Å². The number of aliphatic carboxylic acids is 2. The van der Waals surface area contributed by atoms with Crippen molar-refractivity contribution in [1.29, 1.82) is 0 Å². The summed E-state index contributed by atoms with van der Waals surface area (Å²) in [4.78, 5) is 30.2. The Bertz CT molecular complexity index is 1670. The first-order valence-corrected chi connectivity index (χ1v) is 16.0. The van der Waals surface area contributed by atoms with Crippen molar-refractivity contribution in [3.63, 3.8) is 0 Å². The van der Waals surface area contributed by atoms with Gasteiger partial charge in [-0.3, -0.25) is 9.59 Å². The molecule has 2 saturated heterocycles. The summed E-state index contributed by atoms with van der Waals surface area (Å²) in [6, 6.07) is -0.525. The Kier molecular flexibility index (Phi) is 9.83. The Labute approximate surface area is 267 Å². The van der Waals surface area contributed by atoms with Crippen LogP contribution in [0.1, 0.15) is 72.9 Å². The highest BCUT2D eigenvalue weighted by Crippen LogP contribution is 2.39. The van der Waals surface area contributed by atoms with Crippen LogP contribution in [-0.4, -0.2) is 83.9 Å². The summed E-state index contributed by atoms with van der Waals surface area (Å²) in [5, 5.41) is 69.5. The second kappa shape index (κ2) is 13.5. The van der Waals surface area contributed by atoms with Crippen LogP contribution in [0.25, 0.3) is 24.3 Å². The Morgan fingerprint density at radius 2 is 1.48 bits per heavy atom. The number of aliphatic hydroxyl groups is 4. The van der Waals surface area contributed by atoms with Crippen LogP contribution in [0.4, 0.5) is 0 Å². The van der Waals surface area contributed by atoms with Crippen molar-refractivity contribution in [1.82, 2.24) is 20.6 Å². The Morgan fingerprint density at radius 1 is 0.826 bits per heavy atom. The number of carbonyl (C=O) groups is 2. The lowest BCUT2D eigenvalue weighted by molar-refractivity contribution is -0.138. The number of aromatic nitrogens is 2. The van der Waals surface area contributed by atoms with Gasteiger partial charge in [-0.1, -0.05) is 13.8 Å². The molecule has 0 saturated carbocycles. The first kappa shape index (κ1) is 33.5. The topological polar surface area (TPSA) is 211 Å². The summed E-state index contributed by atoms with van der Waals surface area (Å²) >= 11 is 0. The van der Waals surface area contributed by atoms with Gasteiger partial charge in [-0.25, -0.2) is 0 Å². The summed E-state index contributed by atoms with van der Waals surface area (Å²) in [6.07, 6.45) is 6.31. The molecule has 46 heavy (non-hydrogen) atoms. The Morgan fingerprint density at radius 3 is 2.13 bits per heavy atom. The second-order valence-electron chi connectivity index (χ2n) is 13.0. The average molecular weight is 639 g/mol. The number of rotatable bonds is 10. The number of carboxylic acid groups (broad SMARTS) is 2. The molecule has 2 aromatic heterocycles. The van der Waals surface area contributed by atoms with E-state index in [1.165, 1.54) is 0 Å². The lowest BCUT2D eigenvalue weighted by atomic mass is 9.85. The van der Waals surface area contributed by atoms with Gasteiger partial charge in [-0.2, -0.15) is 0 Å².